The molecule has 3 heteroatoms. The summed E-state index contributed by atoms with van der Waals surface area (Å²) in [6.45, 7) is 0.157. The standard InChI is InChI=1S/C21H26O3/c1-23-20-12-11-17(15-21(20)24-18-9-5-6-10-18)19(13-14-22)16-7-3-2-4-8-16/h2-4,7-8,11-12,15,18-19,22H,5-6,9-10,13-14H2,1H3. The summed E-state index contributed by atoms with van der Waals surface area (Å²) in [4.78, 5) is 0. The minimum absolute atomic E-state index is 0.157. The predicted octanol–water partition coefficient (Wildman–Crippen LogP) is 4.53. The van der Waals surface area contributed by atoms with Crippen molar-refractivity contribution in [3.8, 4) is 11.5 Å². The van der Waals surface area contributed by atoms with Crippen molar-refractivity contribution in [1.82, 2.24) is 0 Å². The molecule has 0 amide bonds. The van der Waals surface area contributed by atoms with Gasteiger partial charge in [-0.05, 0) is 55.4 Å². The molecule has 0 bridgehead atoms. The maximum atomic E-state index is 9.50. The van der Waals surface area contributed by atoms with Crippen LogP contribution in [0.15, 0.2) is 48.5 Å². The van der Waals surface area contributed by atoms with E-state index in [1.54, 1.807) is 7.11 Å². The van der Waals surface area contributed by atoms with Crippen LogP contribution in [0.1, 0.15) is 49.1 Å². The Morgan fingerprint density at radius 3 is 2.42 bits per heavy atom. The van der Waals surface area contributed by atoms with E-state index in [4.69, 9.17) is 9.47 Å². The number of benzene rings is 2. The Hall–Kier alpha value is -2.00. The minimum Gasteiger partial charge on any atom is -0.493 e. The molecule has 0 saturated heterocycles. The zero-order valence-corrected chi connectivity index (χ0v) is 14.3. The summed E-state index contributed by atoms with van der Waals surface area (Å²) in [6.07, 6.45) is 5.70. The number of hydrogen-bond donors (Lipinski definition) is 1. The number of rotatable bonds is 7. The first kappa shape index (κ1) is 16.8. The zero-order valence-electron chi connectivity index (χ0n) is 14.3. The maximum Gasteiger partial charge on any atom is 0.161 e. The van der Waals surface area contributed by atoms with Gasteiger partial charge in [-0.25, -0.2) is 0 Å². The quantitative estimate of drug-likeness (QED) is 0.812. The Bertz CT molecular complexity index is 633. The van der Waals surface area contributed by atoms with Gasteiger partial charge < -0.3 is 14.6 Å². The van der Waals surface area contributed by atoms with Gasteiger partial charge in [-0.2, -0.15) is 0 Å². The summed E-state index contributed by atoms with van der Waals surface area (Å²) >= 11 is 0. The molecular formula is C21H26O3. The molecule has 1 atom stereocenters. The fraction of sp³-hybridized carbons (Fsp3) is 0.429. The summed E-state index contributed by atoms with van der Waals surface area (Å²) in [7, 11) is 1.68. The molecule has 2 aromatic rings. The fourth-order valence-corrected chi connectivity index (χ4v) is 3.53. The average Bonchev–Trinajstić information content (AvgIpc) is 3.13. The molecule has 0 heterocycles. The Kier molecular flexibility index (Phi) is 5.76. The molecule has 1 N–H and O–H groups in total. The van der Waals surface area contributed by atoms with Crippen LogP contribution in [-0.2, 0) is 0 Å². The van der Waals surface area contributed by atoms with Crippen molar-refractivity contribution in [2.75, 3.05) is 13.7 Å². The lowest BCUT2D eigenvalue weighted by Crippen LogP contribution is -2.12. The molecule has 0 radical (unpaired) electrons. The third-order valence-corrected chi connectivity index (χ3v) is 4.81. The molecule has 2 aromatic carbocycles. The number of methoxy groups -OCH3 is 1. The van der Waals surface area contributed by atoms with E-state index in [0.29, 0.717) is 12.5 Å². The SMILES string of the molecule is COc1ccc(C(CCO)c2ccccc2)cc1OC1CCCC1. The molecule has 1 aliphatic carbocycles. The fourth-order valence-electron chi connectivity index (χ4n) is 3.53. The number of aliphatic hydroxyl groups excluding tert-OH is 1. The first-order valence-corrected chi connectivity index (χ1v) is 8.82. The van der Waals surface area contributed by atoms with Gasteiger partial charge in [0.25, 0.3) is 0 Å². The normalized spacial score (nSPS) is 16.1. The molecule has 3 nitrogen and oxygen atoms in total. The van der Waals surface area contributed by atoms with Gasteiger partial charge in [0.1, 0.15) is 0 Å². The molecule has 0 spiro atoms. The van der Waals surface area contributed by atoms with E-state index in [-0.39, 0.29) is 12.5 Å². The highest BCUT2D eigenvalue weighted by Gasteiger charge is 2.20. The summed E-state index contributed by atoms with van der Waals surface area (Å²) in [5.74, 6) is 1.76. The van der Waals surface area contributed by atoms with E-state index in [0.717, 1.165) is 29.9 Å². The highest BCUT2D eigenvalue weighted by atomic mass is 16.5. The topological polar surface area (TPSA) is 38.7 Å². The van der Waals surface area contributed by atoms with E-state index in [9.17, 15) is 5.11 Å². The maximum absolute atomic E-state index is 9.50. The summed E-state index contributed by atoms with van der Waals surface area (Å²) in [6, 6.07) is 16.5. The lowest BCUT2D eigenvalue weighted by Gasteiger charge is -2.21. The van der Waals surface area contributed by atoms with Gasteiger partial charge in [0, 0.05) is 12.5 Å². The van der Waals surface area contributed by atoms with E-state index in [2.05, 4.69) is 24.3 Å². The lowest BCUT2D eigenvalue weighted by atomic mass is 9.88. The van der Waals surface area contributed by atoms with E-state index in [1.165, 1.54) is 18.4 Å². The molecule has 0 aliphatic heterocycles. The van der Waals surface area contributed by atoms with Crippen molar-refractivity contribution in [3.05, 3.63) is 59.7 Å². The Morgan fingerprint density at radius 1 is 1.00 bits per heavy atom. The first-order valence-electron chi connectivity index (χ1n) is 8.82. The molecule has 0 aromatic heterocycles. The molecular weight excluding hydrogens is 300 g/mol. The number of hydrogen-bond acceptors (Lipinski definition) is 3. The van der Waals surface area contributed by atoms with E-state index < -0.39 is 0 Å². The van der Waals surface area contributed by atoms with E-state index >= 15 is 0 Å². The van der Waals surface area contributed by atoms with Gasteiger partial charge in [-0.3, -0.25) is 0 Å². The van der Waals surface area contributed by atoms with Gasteiger partial charge >= 0.3 is 0 Å². The van der Waals surface area contributed by atoms with Crippen molar-refractivity contribution in [2.24, 2.45) is 0 Å². The second-order valence-electron chi connectivity index (χ2n) is 6.41. The van der Waals surface area contributed by atoms with E-state index in [1.807, 2.05) is 24.3 Å². The average molecular weight is 326 g/mol. The van der Waals surface area contributed by atoms with Crippen molar-refractivity contribution in [1.29, 1.82) is 0 Å². The highest BCUT2D eigenvalue weighted by molar-refractivity contribution is 5.46. The number of ether oxygens (including phenoxy) is 2. The second-order valence-corrected chi connectivity index (χ2v) is 6.41. The lowest BCUT2D eigenvalue weighted by molar-refractivity contribution is 0.200. The first-order chi connectivity index (χ1) is 11.8. The Balaban J connectivity index is 1.90. The Morgan fingerprint density at radius 2 is 1.75 bits per heavy atom. The summed E-state index contributed by atoms with van der Waals surface area (Å²) in [5.41, 5.74) is 2.37. The molecule has 24 heavy (non-hydrogen) atoms. The van der Waals surface area contributed by atoms with Crippen LogP contribution < -0.4 is 9.47 Å². The minimum atomic E-state index is 0.157. The van der Waals surface area contributed by atoms with Crippen LogP contribution >= 0.6 is 0 Å². The van der Waals surface area contributed by atoms with Gasteiger partial charge in [-0.15, -0.1) is 0 Å². The van der Waals surface area contributed by atoms with Crippen LogP contribution in [0, 0.1) is 0 Å². The third-order valence-electron chi connectivity index (χ3n) is 4.81. The van der Waals surface area contributed by atoms with Crippen molar-refractivity contribution >= 4 is 0 Å². The van der Waals surface area contributed by atoms with Gasteiger partial charge in [0.15, 0.2) is 11.5 Å². The second kappa shape index (κ2) is 8.20. The van der Waals surface area contributed by atoms with Gasteiger partial charge in [0.2, 0.25) is 0 Å². The molecule has 3 rings (SSSR count). The molecule has 1 saturated carbocycles. The zero-order chi connectivity index (χ0) is 16.8. The Labute approximate surface area is 144 Å². The third kappa shape index (κ3) is 3.90. The molecule has 1 aliphatic rings. The summed E-state index contributed by atoms with van der Waals surface area (Å²) in [5, 5.41) is 9.50. The van der Waals surface area contributed by atoms with Crippen LogP contribution in [0.2, 0.25) is 0 Å². The monoisotopic (exact) mass is 326 g/mol. The van der Waals surface area contributed by atoms with Crippen LogP contribution in [0.5, 0.6) is 11.5 Å². The van der Waals surface area contributed by atoms with Crippen molar-refractivity contribution in [3.63, 3.8) is 0 Å². The number of aliphatic hydroxyl groups is 1. The van der Waals surface area contributed by atoms with Crippen LogP contribution in [-0.4, -0.2) is 24.9 Å². The molecule has 1 fully saturated rings. The van der Waals surface area contributed by atoms with Crippen LogP contribution in [0.25, 0.3) is 0 Å². The molecule has 1 unspecified atom stereocenters. The highest BCUT2D eigenvalue weighted by Crippen LogP contribution is 2.37. The van der Waals surface area contributed by atoms with Gasteiger partial charge in [-0.1, -0.05) is 36.4 Å². The van der Waals surface area contributed by atoms with Crippen molar-refractivity contribution < 1.29 is 14.6 Å². The van der Waals surface area contributed by atoms with Gasteiger partial charge in [0.05, 0.1) is 13.2 Å². The van der Waals surface area contributed by atoms with Crippen LogP contribution in [0.4, 0.5) is 0 Å². The smallest absolute Gasteiger partial charge is 0.161 e. The predicted molar refractivity (Wildman–Crippen MR) is 95.9 cm³/mol. The summed E-state index contributed by atoms with van der Waals surface area (Å²) < 4.78 is 11.7. The van der Waals surface area contributed by atoms with Crippen LogP contribution in [0.3, 0.4) is 0 Å². The largest absolute Gasteiger partial charge is 0.493 e. The molecule has 128 valence electrons. The van der Waals surface area contributed by atoms with Crippen molar-refractivity contribution in [2.45, 2.75) is 44.1 Å².